The Hall–Kier alpha value is -4.52. The highest BCUT2D eigenvalue weighted by Crippen LogP contribution is 2.27. The Morgan fingerprint density at radius 1 is 1.13 bits per heavy atom. The van der Waals surface area contributed by atoms with Crippen molar-refractivity contribution in [3.63, 3.8) is 0 Å². The number of phenolic OH excluding ortho intramolecular Hbond substituents is 1. The van der Waals surface area contributed by atoms with Crippen molar-refractivity contribution in [2.75, 3.05) is 0 Å². The van der Waals surface area contributed by atoms with E-state index in [9.17, 15) is 24.3 Å². The van der Waals surface area contributed by atoms with E-state index >= 15 is 0 Å². The number of aromatic hydroxyl groups is 1. The molecule has 0 saturated carbocycles. The van der Waals surface area contributed by atoms with Crippen LogP contribution in [0.3, 0.4) is 0 Å². The van der Waals surface area contributed by atoms with Crippen LogP contribution in [0.15, 0.2) is 48.5 Å². The molecule has 0 aliphatic carbocycles. The number of hydrogen-bond donors (Lipinski definition) is 4. The summed E-state index contributed by atoms with van der Waals surface area (Å²) in [7, 11) is 0. The van der Waals surface area contributed by atoms with E-state index in [0.717, 1.165) is 10.5 Å². The van der Waals surface area contributed by atoms with Gasteiger partial charge in [0.1, 0.15) is 23.4 Å². The third kappa shape index (κ3) is 8.85. The predicted molar refractivity (Wildman–Crippen MR) is 141 cm³/mol. The van der Waals surface area contributed by atoms with Crippen molar-refractivity contribution in [1.82, 2.24) is 15.5 Å². The molecule has 38 heavy (non-hydrogen) atoms. The summed E-state index contributed by atoms with van der Waals surface area (Å²) >= 11 is 0. The predicted octanol–water partition coefficient (Wildman–Crippen LogP) is 2.64. The summed E-state index contributed by atoms with van der Waals surface area (Å²) in [6.45, 7) is 6.77. The molecule has 2 unspecified atom stereocenters. The first kappa shape index (κ1) is 29.7. The number of phenols is 1. The second-order valence-electron chi connectivity index (χ2n) is 9.69. The zero-order valence-corrected chi connectivity index (χ0v) is 22.0. The number of rotatable bonds is 10. The van der Waals surface area contributed by atoms with E-state index in [4.69, 9.17) is 16.9 Å². The molecular weight excluding hydrogens is 488 g/mol. The van der Waals surface area contributed by atoms with Gasteiger partial charge < -0.3 is 26.2 Å². The van der Waals surface area contributed by atoms with Gasteiger partial charge in [0.25, 0.3) is 5.91 Å². The van der Waals surface area contributed by atoms with Gasteiger partial charge in [-0.25, -0.2) is 4.79 Å². The third-order valence-electron chi connectivity index (χ3n) is 5.40. The van der Waals surface area contributed by atoms with E-state index in [0.29, 0.717) is 11.1 Å². The van der Waals surface area contributed by atoms with E-state index in [-0.39, 0.29) is 25.1 Å². The standard InChI is InChI=1S/C28H34N4O6/c1-6-32(26(36)21(13-15-23(29)34)31-27(37)38-28(3,4)5)24(20-12-14-22(33)18(2)16-20)25(35)30-17-19-10-8-7-9-11-19/h1,7-12,14,16,21,24,33H,13,15,17H2,2-5H3,(H2,29,34)(H,30,35)(H,31,37). The highest BCUT2D eigenvalue weighted by Gasteiger charge is 2.36. The van der Waals surface area contributed by atoms with Gasteiger partial charge in [0, 0.05) is 19.0 Å². The average molecular weight is 523 g/mol. The summed E-state index contributed by atoms with van der Waals surface area (Å²) < 4.78 is 5.25. The molecule has 0 fully saturated rings. The molecular formula is C28H34N4O6. The first-order valence-corrected chi connectivity index (χ1v) is 12.0. The molecule has 0 radical (unpaired) electrons. The molecule has 202 valence electrons. The number of ether oxygens (including phenoxy) is 1. The molecule has 4 amide bonds. The Morgan fingerprint density at radius 3 is 2.34 bits per heavy atom. The molecule has 10 heteroatoms. The number of hydrogen-bond acceptors (Lipinski definition) is 6. The van der Waals surface area contributed by atoms with Crippen molar-refractivity contribution < 1.29 is 29.0 Å². The molecule has 2 aromatic carbocycles. The Kier molecular flexibility index (Phi) is 10.3. The van der Waals surface area contributed by atoms with E-state index in [1.54, 1.807) is 33.8 Å². The zero-order chi connectivity index (χ0) is 28.5. The Balaban J connectivity index is 2.43. The molecule has 2 atom stereocenters. The molecule has 0 aliphatic rings. The lowest BCUT2D eigenvalue weighted by Crippen LogP contribution is -2.51. The first-order valence-electron chi connectivity index (χ1n) is 12.0. The largest absolute Gasteiger partial charge is 0.508 e. The minimum Gasteiger partial charge on any atom is -0.508 e. The van der Waals surface area contributed by atoms with Gasteiger partial charge in [-0.3, -0.25) is 19.3 Å². The summed E-state index contributed by atoms with van der Waals surface area (Å²) in [5.74, 6) is -2.09. The fourth-order valence-corrected chi connectivity index (χ4v) is 3.58. The van der Waals surface area contributed by atoms with E-state index < -0.39 is 41.5 Å². The Labute approximate surface area is 222 Å². The van der Waals surface area contributed by atoms with Gasteiger partial charge in [-0.1, -0.05) is 42.8 Å². The van der Waals surface area contributed by atoms with Crippen LogP contribution in [0.1, 0.15) is 56.3 Å². The lowest BCUT2D eigenvalue weighted by molar-refractivity contribution is -0.139. The number of alkyl carbamates (subject to hydrolysis) is 1. The van der Waals surface area contributed by atoms with Crippen LogP contribution in [0, 0.1) is 19.4 Å². The summed E-state index contributed by atoms with van der Waals surface area (Å²) in [5.41, 5.74) is 6.04. The van der Waals surface area contributed by atoms with Gasteiger partial charge in [-0.15, -0.1) is 0 Å². The van der Waals surface area contributed by atoms with Crippen molar-refractivity contribution in [2.24, 2.45) is 5.73 Å². The average Bonchev–Trinajstić information content (AvgIpc) is 2.84. The van der Waals surface area contributed by atoms with Crippen LogP contribution < -0.4 is 16.4 Å². The number of aryl methyl sites for hydroxylation is 1. The van der Waals surface area contributed by atoms with E-state index in [1.165, 1.54) is 12.1 Å². The first-order chi connectivity index (χ1) is 17.8. The van der Waals surface area contributed by atoms with Crippen molar-refractivity contribution in [2.45, 2.75) is 64.8 Å². The maximum atomic E-state index is 13.7. The fraction of sp³-hybridized carbons (Fsp3) is 0.357. The molecule has 0 saturated heterocycles. The third-order valence-corrected chi connectivity index (χ3v) is 5.40. The number of terminal acetylenes is 1. The SMILES string of the molecule is C#CN(C(=O)C(CCC(N)=O)NC(=O)OC(C)(C)C)C(C(=O)NCc1ccccc1)c1ccc(O)c(C)c1. The number of primary amides is 1. The molecule has 0 heterocycles. The summed E-state index contributed by atoms with van der Waals surface area (Å²) in [6, 6.07) is 13.2. The van der Waals surface area contributed by atoms with Crippen LogP contribution in [0.25, 0.3) is 0 Å². The Morgan fingerprint density at radius 2 is 1.79 bits per heavy atom. The summed E-state index contributed by atoms with van der Waals surface area (Å²) in [6.07, 6.45) is 4.44. The zero-order valence-electron chi connectivity index (χ0n) is 22.0. The maximum absolute atomic E-state index is 13.7. The fourth-order valence-electron chi connectivity index (χ4n) is 3.58. The van der Waals surface area contributed by atoms with Crippen molar-refractivity contribution in [3.05, 3.63) is 65.2 Å². The van der Waals surface area contributed by atoms with Gasteiger partial charge >= 0.3 is 6.09 Å². The van der Waals surface area contributed by atoms with Crippen LogP contribution in [0.5, 0.6) is 5.75 Å². The number of nitrogens with zero attached hydrogens (tertiary/aromatic N) is 1. The smallest absolute Gasteiger partial charge is 0.408 e. The van der Waals surface area contributed by atoms with E-state index in [1.807, 2.05) is 30.3 Å². The number of amides is 4. The second kappa shape index (κ2) is 13.1. The molecule has 0 spiro atoms. The molecule has 5 N–H and O–H groups in total. The molecule has 2 rings (SSSR count). The minimum atomic E-state index is -1.31. The quantitative estimate of drug-likeness (QED) is 0.278. The molecule has 10 nitrogen and oxygen atoms in total. The van der Waals surface area contributed by atoms with Gasteiger partial charge in [-0.05, 0) is 62.9 Å². The van der Waals surface area contributed by atoms with Gasteiger partial charge in [0.05, 0.1) is 0 Å². The monoisotopic (exact) mass is 522 g/mol. The lowest BCUT2D eigenvalue weighted by atomic mass is 10.00. The Bertz CT molecular complexity index is 1200. The molecule has 0 aliphatic heterocycles. The minimum absolute atomic E-state index is 0.00158. The van der Waals surface area contributed by atoms with Gasteiger partial charge in [0.15, 0.2) is 0 Å². The number of nitrogens with one attached hydrogen (secondary N) is 2. The van der Waals surface area contributed by atoms with Crippen LogP contribution in [0.4, 0.5) is 4.79 Å². The highest BCUT2D eigenvalue weighted by molar-refractivity contribution is 5.93. The summed E-state index contributed by atoms with van der Waals surface area (Å²) in [4.78, 5) is 51.9. The maximum Gasteiger partial charge on any atom is 0.408 e. The number of benzene rings is 2. The highest BCUT2D eigenvalue weighted by atomic mass is 16.6. The molecule has 2 aromatic rings. The number of nitrogens with two attached hydrogens (primary N) is 1. The summed E-state index contributed by atoms with van der Waals surface area (Å²) in [5, 5.41) is 15.2. The second-order valence-corrected chi connectivity index (χ2v) is 9.69. The van der Waals surface area contributed by atoms with Crippen molar-refractivity contribution in [1.29, 1.82) is 0 Å². The van der Waals surface area contributed by atoms with E-state index in [2.05, 4.69) is 16.7 Å². The van der Waals surface area contributed by atoms with Gasteiger partial charge in [0.2, 0.25) is 11.8 Å². The van der Waals surface area contributed by atoms with Crippen LogP contribution >= 0.6 is 0 Å². The lowest BCUT2D eigenvalue weighted by Gasteiger charge is -2.30. The topological polar surface area (TPSA) is 151 Å². The van der Waals surface area contributed by atoms with Gasteiger partial charge in [-0.2, -0.15) is 0 Å². The van der Waals surface area contributed by atoms with Crippen LogP contribution in [0.2, 0.25) is 0 Å². The number of carbonyl (C=O) groups is 4. The number of carbonyl (C=O) groups excluding carboxylic acids is 4. The molecule has 0 bridgehead atoms. The normalized spacial score (nSPS) is 12.4. The van der Waals surface area contributed by atoms with Crippen LogP contribution in [-0.4, -0.2) is 45.5 Å². The molecule has 0 aromatic heterocycles. The van der Waals surface area contributed by atoms with Crippen LogP contribution in [-0.2, 0) is 25.7 Å². The van der Waals surface area contributed by atoms with Crippen molar-refractivity contribution >= 4 is 23.8 Å². The van der Waals surface area contributed by atoms with Crippen molar-refractivity contribution in [3.8, 4) is 18.2 Å².